The van der Waals surface area contributed by atoms with Gasteiger partial charge in [0, 0.05) is 18.7 Å². The molecule has 1 saturated heterocycles. The summed E-state index contributed by atoms with van der Waals surface area (Å²) in [4.78, 5) is 24.6. The van der Waals surface area contributed by atoms with Gasteiger partial charge >= 0.3 is 5.97 Å². The lowest BCUT2D eigenvalue weighted by atomic mass is 9.97. The van der Waals surface area contributed by atoms with Crippen LogP contribution in [-0.2, 0) is 4.79 Å². The molecule has 0 spiro atoms. The number of carboxylic acids is 1. The fourth-order valence-electron chi connectivity index (χ4n) is 2.17. The van der Waals surface area contributed by atoms with Crippen molar-refractivity contribution in [3.8, 4) is 0 Å². The van der Waals surface area contributed by atoms with E-state index in [1.165, 1.54) is 17.0 Å². The highest BCUT2D eigenvalue weighted by Crippen LogP contribution is 2.21. The molecule has 6 heteroatoms. The van der Waals surface area contributed by atoms with Crippen molar-refractivity contribution < 1.29 is 19.1 Å². The number of rotatable bonds is 2. The van der Waals surface area contributed by atoms with Crippen LogP contribution in [0.2, 0.25) is 0 Å². The van der Waals surface area contributed by atoms with Gasteiger partial charge in [0.25, 0.3) is 5.91 Å². The van der Waals surface area contributed by atoms with Gasteiger partial charge in [0.05, 0.1) is 10.4 Å². The summed E-state index contributed by atoms with van der Waals surface area (Å²) in [6, 6.07) is 4.16. The third-order valence-corrected chi connectivity index (χ3v) is 3.87. The molecule has 2 rings (SSSR count). The summed E-state index contributed by atoms with van der Waals surface area (Å²) in [5.74, 6) is -2.24. The standard InChI is InChI=1S/C13H13BrFNO3/c14-10-4-3-8(6-11(10)15)12(17)16-5-1-2-9(7-16)13(18)19/h3-4,6,9H,1-2,5,7H2,(H,18,19). The number of likely N-dealkylation sites (tertiary alicyclic amines) is 1. The molecule has 1 amide bonds. The first-order chi connectivity index (χ1) is 8.99. The molecule has 102 valence electrons. The molecule has 0 aromatic heterocycles. The smallest absolute Gasteiger partial charge is 0.308 e. The summed E-state index contributed by atoms with van der Waals surface area (Å²) < 4.78 is 13.7. The van der Waals surface area contributed by atoms with Gasteiger partial charge in [-0.1, -0.05) is 0 Å². The molecule has 1 heterocycles. The van der Waals surface area contributed by atoms with Crippen molar-refractivity contribution in [2.24, 2.45) is 5.92 Å². The average molecular weight is 330 g/mol. The second kappa shape index (κ2) is 5.69. The molecule has 19 heavy (non-hydrogen) atoms. The number of amides is 1. The zero-order valence-corrected chi connectivity index (χ0v) is 11.7. The third-order valence-electron chi connectivity index (χ3n) is 3.22. The number of benzene rings is 1. The Morgan fingerprint density at radius 2 is 2.16 bits per heavy atom. The van der Waals surface area contributed by atoms with Crippen LogP contribution in [0.4, 0.5) is 4.39 Å². The monoisotopic (exact) mass is 329 g/mol. The molecule has 4 nitrogen and oxygen atoms in total. The first-order valence-corrected chi connectivity index (χ1v) is 6.75. The lowest BCUT2D eigenvalue weighted by Gasteiger charge is -2.30. The molecule has 1 atom stereocenters. The molecule has 0 aliphatic carbocycles. The van der Waals surface area contributed by atoms with Crippen LogP contribution in [-0.4, -0.2) is 35.0 Å². The van der Waals surface area contributed by atoms with Crippen LogP contribution < -0.4 is 0 Å². The van der Waals surface area contributed by atoms with Crippen molar-refractivity contribution >= 4 is 27.8 Å². The van der Waals surface area contributed by atoms with Crippen LogP contribution in [0.25, 0.3) is 0 Å². The summed E-state index contributed by atoms with van der Waals surface area (Å²) in [5, 5.41) is 8.98. The molecule has 1 aromatic rings. The summed E-state index contributed by atoms with van der Waals surface area (Å²) >= 11 is 3.03. The quantitative estimate of drug-likeness (QED) is 0.907. The summed E-state index contributed by atoms with van der Waals surface area (Å²) in [5.41, 5.74) is 0.242. The summed E-state index contributed by atoms with van der Waals surface area (Å²) in [6.07, 6.45) is 1.23. The van der Waals surface area contributed by atoms with Gasteiger partial charge in [0.15, 0.2) is 0 Å². The molecule has 1 aliphatic heterocycles. The van der Waals surface area contributed by atoms with E-state index < -0.39 is 17.7 Å². The van der Waals surface area contributed by atoms with Crippen molar-refractivity contribution in [1.82, 2.24) is 4.90 Å². The Morgan fingerprint density at radius 1 is 1.42 bits per heavy atom. The van der Waals surface area contributed by atoms with Gasteiger partial charge in [0.2, 0.25) is 0 Å². The minimum atomic E-state index is -0.889. The van der Waals surface area contributed by atoms with Gasteiger partial charge in [-0.2, -0.15) is 0 Å². The summed E-state index contributed by atoms with van der Waals surface area (Å²) in [7, 11) is 0. The van der Waals surface area contributed by atoms with Gasteiger partial charge in [-0.3, -0.25) is 9.59 Å². The molecule has 1 N–H and O–H groups in total. The molecule has 1 unspecified atom stereocenters. The Kier molecular flexibility index (Phi) is 4.19. The number of hydrogen-bond acceptors (Lipinski definition) is 2. The maximum atomic E-state index is 13.4. The number of hydrogen-bond donors (Lipinski definition) is 1. The van der Waals surface area contributed by atoms with E-state index in [2.05, 4.69) is 15.9 Å². The van der Waals surface area contributed by atoms with E-state index in [1.807, 2.05) is 0 Å². The maximum absolute atomic E-state index is 13.4. The van der Waals surface area contributed by atoms with Crippen molar-refractivity contribution in [2.45, 2.75) is 12.8 Å². The van der Waals surface area contributed by atoms with E-state index in [-0.39, 0.29) is 18.0 Å². The Hall–Kier alpha value is -1.43. The number of nitrogens with zero attached hydrogens (tertiary/aromatic N) is 1. The normalized spacial score (nSPS) is 19.3. The van der Waals surface area contributed by atoms with Gasteiger partial charge in [-0.05, 0) is 47.0 Å². The van der Waals surface area contributed by atoms with Gasteiger partial charge in [0.1, 0.15) is 5.82 Å². The highest BCUT2D eigenvalue weighted by molar-refractivity contribution is 9.10. The predicted octanol–water partition coefficient (Wildman–Crippen LogP) is 2.53. The lowest BCUT2D eigenvalue weighted by molar-refractivity contribution is -0.143. The average Bonchev–Trinajstić information content (AvgIpc) is 2.41. The zero-order chi connectivity index (χ0) is 14.0. The van der Waals surface area contributed by atoms with E-state index in [4.69, 9.17) is 5.11 Å². The summed E-state index contributed by atoms with van der Waals surface area (Å²) in [6.45, 7) is 0.701. The zero-order valence-electron chi connectivity index (χ0n) is 10.1. The fourth-order valence-corrected chi connectivity index (χ4v) is 2.42. The fraction of sp³-hybridized carbons (Fsp3) is 0.385. The Bertz CT molecular complexity index is 521. The van der Waals surface area contributed by atoms with Gasteiger partial charge in [-0.15, -0.1) is 0 Å². The van der Waals surface area contributed by atoms with Crippen LogP contribution in [0, 0.1) is 11.7 Å². The van der Waals surface area contributed by atoms with Crippen LogP contribution in [0.3, 0.4) is 0 Å². The molecule has 0 radical (unpaired) electrons. The molecular formula is C13H13BrFNO3. The number of carbonyl (C=O) groups excluding carboxylic acids is 1. The van der Waals surface area contributed by atoms with Gasteiger partial charge < -0.3 is 10.0 Å². The lowest BCUT2D eigenvalue weighted by Crippen LogP contribution is -2.42. The highest BCUT2D eigenvalue weighted by atomic mass is 79.9. The highest BCUT2D eigenvalue weighted by Gasteiger charge is 2.28. The third kappa shape index (κ3) is 3.12. The Labute approximate surface area is 118 Å². The Morgan fingerprint density at radius 3 is 2.79 bits per heavy atom. The molecule has 1 fully saturated rings. The Balaban J connectivity index is 2.14. The van der Waals surface area contributed by atoms with E-state index >= 15 is 0 Å². The number of carboxylic acid groups (broad SMARTS) is 1. The van der Waals surface area contributed by atoms with Crippen LogP contribution in [0.15, 0.2) is 22.7 Å². The number of aliphatic carboxylic acids is 1. The maximum Gasteiger partial charge on any atom is 0.308 e. The number of halogens is 2. The first-order valence-electron chi connectivity index (χ1n) is 5.96. The molecule has 1 aromatic carbocycles. The van der Waals surface area contributed by atoms with E-state index in [9.17, 15) is 14.0 Å². The number of carbonyl (C=O) groups is 2. The van der Waals surface area contributed by atoms with E-state index in [0.29, 0.717) is 23.9 Å². The van der Waals surface area contributed by atoms with Crippen molar-refractivity contribution in [1.29, 1.82) is 0 Å². The minimum Gasteiger partial charge on any atom is -0.481 e. The van der Waals surface area contributed by atoms with Crippen molar-refractivity contribution in [3.63, 3.8) is 0 Å². The molecule has 0 bridgehead atoms. The van der Waals surface area contributed by atoms with E-state index in [1.54, 1.807) is 0 Å². The second-order valence-corrected chi connectivity index (χ2v) is 5.41. The minimum absolute atomic E-state index is 0.186. The SMILES string of the molecule is O=C(O)C1CCCN(C(=O)c2ccc(Br)c(F)c2)C1. The van der Waals surface area contributed by atoms with Crippen LogP contribution in [0.1, 0.15) is 23.2 Å². The van der Waals surface area contributed by atoms with Crippen molar-refractivity contribution in [2.75, 3.05) is 13.1 Å². The second-order valence-electron chi connectivity index (χ2n) is 4.56. The molecular weight excluding hydrogens is 317 g/mol. The molecule has 0 saturated carbocycles. The predicted molar refractivity (Wildman–Crippen MR) is 70.4 cm³/mol. The number of piperidine rings is 1. The van der Waals surface area contributed by atoms with Crippen LogP contribution >= 0.6 is 15.9 Å². The van der Waals surface area contributed by atoms with Crippen LogP contribution in [0.5, 0.6) is 0 Å². The topological polar surface area (TPSA) is 57.6 Å². The molecule has 1 aliphatic rings. The van der Waals surface area contributed by atoms with E-state index in [0.717, 1.165) is 6.07 Å². The largest absolute Gasteiger partial charge is 0.481 e. The van der Waals surface area contributed by atoms with Gasteiger partial charge in [-0.25, -0.2) is 4.39 Å². The van der Waals surface area contributed by atoms with Crippen molar-refractivity contribution in [3.05, 3.63) is 34.1 Å². The first kappa shape index (κ1) is 14.0.